The van der Waals surface area contributed by atoms with Crippen LogP contribution < -0.4 is 0 Å². The Morgan fingerprint density at radius 1 is 1.12 bits per heavy atom. The van der Waals surface area contributed by atoms with Crippen LogP contribution in [0.2, 0.25) is 0 Å². The lowest BCUT2D eigenvalue weighted by molar-refractivity contribution is -0.152. The summed E-state index contributed by atoms with van der Waals surface area (Å²) in [5, 5.41) is 9.40. The summed E-state index contributed by atoms with van der Waals surface area (Å²) in [6.45, 7) is 2.30. The molecule has 3 nitrogen and oxygen atoms in total. The highest BCUT2D eigenvalue weighted by atomic mass is 16.4. The number of hydrogen-bond acceptors (Lipinski definition) is 2. The molecule has 0 unspecified atom stereocenters. The van der Waals surface area contributed by atoms with Crippen LogP contribution in [0.3, 0.4) is 0 Å². The maximum Gasteiger partial charge on any atom is 0.308 e. The van der Waals surface area contributed by atoms with Gasteiger partial charge < -0.3 is 5.11 Å². The van der Waals surface area contributed by atoms with Gasteiger partial charge in [-0.25, -0.2) is 0 Å². The van der Waals surface area contributed by atoms with Crippen molar-refractivity contribution >= 4 is 5.97 Å². The highest BCUT2D eigenvalue weighted by molar-refractivity contribution is 5.71. The van der Waals surface area contributed by atoms with E-state index in [0.717, 1.165) is 19.3 Å². The Morgan fingerprint density at radius 2 is 1.88 bits per heavy atom. The molecule has 0 aromatic carbocycles. The van der Waals surface area contributed by atoms with Crippen molar-refractivity contribution in [1.82, 2.24) is 4.90 Å². The zero-order chi connectivity index (χ0) is 12.0. The standard InChI is InChI=1S/C14H23NO2/c1-9-7-11-4-2-3-10-5-6-12(14(16)17)13(8-9)15(10)11/h9-13H,2-8H2,1H3,(H,16,17)/t9-,10-,11+,12-,13+/m1/s1. The van der Waals surface area contributed by atoms with Crippen LogP contribution in [0.25, 0.3) is 0 Å². The van der Waals surface area contributed by atoms with Gasteiger partial charge in [0.2, 0.25) is 0 Å². The van der Waals surface area contributed by atoms with Crippen LogP contribution in [0.5, 0.6) is 0 Å². The Balaban J connectivity index is 1.87. The summed E-state index contributed by atoms with van der Waals surface area (Å²) in [4.78, 5) is 14.0. The fourth-order valence-electron chi connectivity index (χ4n) is 4.58. The second-order valence-corrected chi connectivity index (χ2v) is 6.35. The molecule has 0 radical (unpaired) electrons. The molecule has 5 atom stereocenters. The van der Waals surface area contributed by atoms with Crippen molar-refractivity contribution in [3.63, 3.8) is 0 Å². The lowest BCUT2D eigenvalue weighted by Crippen LogP contribution is -2.61. The smallest absolute Gasteiger partial charge is 0.308 e. The topological polar surface area (TPSA) is 40.5 Å². The Morgan fingerprint density at radius 3 is 2.65 bits per heavy atom. The highest BCUT2D eigenvalue weighted by Gasteiger charge is 2.47. The van der Waals surface area contributed by atoms with Gasteiger partial charge in [-0.15, -0.1) is 0 Å². The summed E-state index contributed by atoms with van der Waals surface area (Å²) in [6.07, 6.45) is 8.35. The third-order valence-corrected chi connectivity index (χ3v) is 5.21. The molecule has 0 spiro atoms. The molecule has 0 aliphatic carbocycles. The predicted octanol–water partition coefficient (Wildman–Crippen LogP) is 2.50. The number of carboxylic acids is 1. The SMILES string of the molecule is C[C@@H]1C[C@@H]2CCC[C@@H]3CC[C@@H](C(=O)O)[C@H](C1)N32. The minimum Gasteiger partial charge on any atom is -0.481 e. The molecule has 0 bridgehead atoms. The van der Waals surface area contributed by atoms with E-state index in [4.69, 9.17) is 0 Å². The van der Waals surface area contributed by atoms with E-state index >= 15 is 0 Å². The third kappa shape index (κ3) is 1.88. The van der Waals surface area contributed by atoms with E-state index in [-0.39, 0.29) is 5.92 Å². The molecular formula is C14H23NO2. The van der Waals surface area contributed by atoms with Crippen LogP contribution in [-0.2, 0) is 4.79 Å². The Labute approximate surface area is 103 Å². The molecule has 0 amide bonds. The summed E-state index contributed by atoms with van der Waals surface area (Å²) in [5.41, 5.74) is 0. The first-order valence-electron chi connectivity index (χ1n) is 7.17. The van der Waals surface area contributed by atoms with Crippen molar-refractivity contribution in [3.8, 4) is 0 Å². The van der Waals surface area contributed by atoms with Crippen molar-refractivity contribution in [2.24, 2.45) is 11.8 Å². The van der Waals surface area contributed by atoms with Crippen LogP contribution in [0.4, 0.5) is 0 Å². The van der Waals surface area contributed by atoms with E-state index in [1.165, 1.54) is 25.7 Å². The van der Waals surface area contributed by atoms with Crippen LogP contribution in [-0.4, -0.2) is 34.1 Å². The van der Waals surface area contributed by atoms with Crippen molar-refractivity contribution in [3.05, 3.63) is 0 Å². The molecule has 96 valence electrons. The Hall–Kier alpha value is -0.570. The first-order valence-corrected chi connectivity index (χ1v) is 7.17. The molecule has 3 saturated heterocycles. The Kier molecular flexibility index (Phi) is 2.89. The van der Waals surface area contributed by atoms with Crippen LogP contribution in [0, 0.1) is 11.8 Å². The summed E-state index contributed by atoms with van der Waals surface area (Å²) in [6, 6.07) is 1.71. The van der Waals surface area contributed by atoms with Crippen LogP contribution in [0.15, 0.2) is 0 Å². The van der Waals surface area contributed by atoms with Gasteiger partial charge in [0.15, 0.2) is 0 Å². The van der Waals surface area contributed by atoms with Gasteiger partial charge in [0.05, 0.1) is 5.92 Å². The highest BCUT2D eigenvalue weighted by Crippen LogP contribution is 2.44. The number of nitrogens with zero attached hydrogens (tertiary/aromatic N) is 1. The average molecular weight is 237 g/mol. The predicted molar refractivity (Wildman–Crippen MR) is 65.8 cm³/mol. The van der Waals surface area contributed by atoms with E-state index in [0.29, 0.717) is 24.0 Å². The fourth-order valence-corrected chi connectivity index (χ4v) is 4.58. The first-order chi connectivity index (χ1) is 8.16. The molecule has 0 aromatic heterocycles. The molecule has 0 aromatic rings. The van der Waals surface area contributed by atoms with Crippen LogP contribution >= 0.6 is 0 Å². The van der Waals surface area contributed by atoms with Gasteiger partial charge in [-0.3, -0.25) is 9.69 Å². The van der Waals surface area contributed by atoms with E-state index in [1.54, 1.807) is 0 Å². The van der Waals surface area contributed by atoms with Crippen molar-refractivity contribution < 1.29 is 9.90 Å². The van der Waals surface area contributed by atoms with Crippen molar-refractivity contribution in [2.75, 3.05) is 0 Å². The summed E-state index contributed by atoms with van der Waals surface area (Å²) >= 11 is 0. The number of piperidine rings is 3. The summed E-state index contributed by atoms with van der Waals surface area (Å²) < 4.78 is 0. The summed E-state index contributed by atoms with van der Waals surface area (Å²) in [5.74, 6) is 0.0430. The number of carboxylic acid groups (broad SMARTS) is 1. The molecule has 3 aliphatic rings. The van der Waals surface area contributed by atoms with Gasteiger partial charge in [-0.1, -0.05) is 13.3 Å². The quantitative estimate of drug-likeness (QED) is 0.761. The minimum absolute atomic E-state index is 0.102. The van der Waals surface area contributed by atoms with E-state index in [1.807, 2.05) is 0 Å². The van der Waals surface area contributed by atoms with Gasteiger partial charge in [0.25, 0.3) is 0 Å². The zero-order valence-electron chi connectivity index (χ0n) is 10.6. The molecule has 17 heavy (non-hydrogen) atoms. The molecule has 3 heteroatoms. The molecule has 1 N–H and O–H groups in total. The van der Waals surface area contributed by atoms with Crippen LogP contribution in [0.1, 0.15) is 51.9 Å². The summed E-state index contributed by atoms with van der Waals surface area (Å²) in [7, 11) is 0. The van der Waals surface area contributed by atoms with E-state index < -0.39 is 5.97 Å². The van der Waals surface area contributed by atoms with Crippen molar-refractivity contribution in [2.45, 2.75) is 70.0 Å². The van der Waals surface area contributed by atoms with E-state index in [9.17, 15) is 9.90 Å². The normalized spacial score (nSPS) is 46.3. The second-order valence-electron chi connectivity index (χ2n) is 6.35. The zero-order valence-corrected chi connectivity index (χ0v) is 10.6. The number of hydrogen-bond donors (Lipinski definition) is 1. The van der Waals surface area contributed by atoms with Gasteiger partial charge in [-0.05, 0) is 44.4 Å². The third-order valence-electron chi connectivity index (χ3n) is 5.21. The number of aliphatic carboxylic acids is 1. The van der Waals surface area contributed by atoms with Gasteiger partial charge in [0.1, 0.15) is 0 Å². The maximum absolute atomic E-state index is 11.4. The monoisotopic (exact) mass is 237 g/mol. The lowest BCUT2D eigenvalue weighted by atomic mass is 9.71. The van der Waals surface area contributed by atoms with Gasteiger partial charge >= 0.3 is 5.97 Å². The Bertz CT molecular complexity index is 317. The first kappa shape index (κ1) is 11.5. The molecule has 3 heterocycles. The van der Waals surface area contributed by atoms with E-state index in [2.05, 4.69) is 11.8 Å². The van der Waals surface area contributed by atoms with Gasteiger partial charge in [-0.2, -0.15) is 0 Å². The molecule has 3 aliphatic heterocycles. The largest absolute Gasteiger partial charge is 0.481 e. The molecule has 0 saturated carbocycles. The number of rotatable bonds is 1. The van der Waals surface area contributed by atoms with Crippen molar-refractivity contribution in [1.29, 1.82) is 0 Å². The minimum atomic E-state index is -0.563. The fraction of sp³-hybridized carbons (Fsp3) is 0.929. The lowest BCUT2D eigenvalue weighted by Gasteiger charge is -2.56. The average Bonchev–Trinajstić information content (AvgIpc) is 2.28. The molecule has 3 rings (SSSR count). The molecule has 3 fully saturated rings. The van der Waals surface area contributed by atoms with Gasteiger partial charge in [0, 0.05) is 18.1 Å². The second kappa shape index (κ2) is 4.27. The molecular weight excluding hydrogens is 214 g/mol. The number of carbonyl (C=O) groups is 1. The maximum atomic E-state index is 11.4.